The van der Waals surface area contributed by atoms with E-state index in [0.717, 1.165) is 6.42 Å². The van der Waals surface area contributed by atoms with Crippen molar-refractivity contribution in [2.75, 3.05) is 31.6 Å². The molecule has 1 N–H and O–H groups in total. The highest BCUT2D eigenvalue weighted by molar-refractivity contribution is 7.89. The van der Waals surface area contributed by atoms with Gasteiger partial charge in [-0.2, -0.15) is 4.31 Å². The van der Waals surface area contributed by atoms with E-state index >= 15 is 0 Å². The smallest absolute Gasteiger partial charge is 0.246 e. The minimum absolute atomic E-state index is 0.0917. The van der Waals surface area contributed by atoms with Gasteiger partial charge in [0.1, 0.15) is 10.7 Å². The van der Waals surface area contributed by atoms with E-state index in [-0.39, 0.29) is 11.0 Å². The average Bonchev–Trinajstić information content (AvgIpc) is 2.70. The lowest BCUT2D eigenvalue weighted by Crippen LogP contribution is -2.36. The number of aromatic nitrogens is 1. The van der Waals surface area contributed by atoms with Crippen LogP contribution in [0.5, 0.6) is 0 Å². The Morgan fingerprint density at radius 3 is 3.10 bits per heavy atom. The number of sulfonamides is 1. The minimum Gasteiger partial charge on any atom is -0.377 e. The zero-order valence-electron chi connectivity index (χ0n) is 12.6. The molecule has 6 nitrogen and oxygen atoms in total. The molecule has 1 aromatic rings. The van der Waals surface area contributed by atoms with Gasteiger partial charge in [0.2, 0.25) is 10.0 Å². The molecule has 2 rings (SSSR count). The molecule has 118 valence electrons. The van der Waals surface area contributed by atoms with Crippen LogP contribution in [0, 0.1) is 0 Å². The van der Waals surface area contributed by atoms with Crippen molar-refractivity contribution < 1.29 is 13.2 Å². The van der Waals surface area contributed by atoms with Crippen LogP contribution in [-0.2, 0) is 14.8 Å². The van der Waals surface area contributed by atoms with E-state index in [9.17, 15) is 8.42 Å². The Morgan fingerprint density at radius 1 is 1.52 bits per heavy atom. The van der Waals surface area contributed by atoms with Crippen molar-refractivity contribution in [1.82, 2.24) is 9.29 Å². The van der Waals surface area contributed by atoms with Crippen LogP contribution in [0.4, 0.5) is 5.82 Å². The van der Waals surface area contributed by atoms with Gasteiger partial charge in [0.15, 0.2) is 0 Å². The van der Waals surface area contributed by atoms with Crippen LogP contribution in [0.15, 0.2) is 23.2 Å². The van der Waals surface area contributed by atoms with Crippen molar-refractivity contribution in [3.63, 3.8) is 0 Å². The standard InChI is InChI=1S/C14H23N3O3S/c1-3-7-15-14-13(6-4-8-16-14)21(18,19)17-9-5-10-20-12(2)11-17/h4,6,8,12H,3,5,7,9-11H2,1-2H3,(H,15,16). The second-order valence-corrected chi connectivity index (χ2v) is 7.08. The van der Waals surface area contributed by atoms with Gasteiger partial charge in [-0.3, -0.25) is 0 Å². The van der Waals surface area contributed by atoms with E-state index in [4.69, 9.17) is 4.74 Å². The number of nitrogens with one attached hydrogen (secondary N) is 1. The Hall–Kier alpha value is -1.18. The molecular weight excluding hydrogens is 290 g/mol. The number of nitrogens with zero attached hydrogens (tertiary/aromatic N) is 2. The molecule has 1 aliphatic heterocycles. The Morgan fingerprint density at radius 2 is 2.33 bits per heavy atom. The molecule has 1 saturated heterocycles. The molecule has 1 unspecified atom stereocenters. The fourth-order valence-electron chi connectivity index (χ4n) is 2.29. The predicted octanol–water partition coefficient (Wildman–Crippen LogP) is 1.70. The van der Waals surface area contributed by atoms with Crippen molar-refractivity contribution in [2.45, 2.75) is 37.7 Å². The van der Waals surface area contributed by atoms with Gasteiger partial charge in [0.25, 0.3) is 0 Å². The lowest BCUT2D eigenvalue weighted by Gasteiger charge is -2.22. The first-order valence-corrected chi connectivity index (χ1v) is 8.80. The minimum atomic E-state index is -3.55. The molecule has 0 saturated carbocycles. The molecule has 0 aromatic carbocycles. The molecule has 1 aromatic heterocycles. The number of hydrogen-bond acceptors (Lipinski definition) is 5. The zero-order chi connectivity index (χ0) is 15.3. The molecule has 0 bridgehead atoms. The summed E-state index contributed by atoms with van der Waals surface area (Å²) in [5.74, 6) is 0.428. The molecule has 0 amide bonds. The quantitative estimate of drug-likeness (QED) is 0.896. The van der Waals surface area contributed by atoms with Crippen LogP contribution in [0.1, 0.15) is 26.7 Å². The molecule has 0 spiro atoms. The fraction of sp³-hybridized carbons (Fsp3) is 0.643. The third-order valence-corrected chi connectivity index (χ3v) is 5.24. The lowest BCUT2D eigenvalue weighted by molar-refractivity contribution is 0.0752. The monoisotopic (exact) mass is 313 g/mol. The van der Waals surface area contributed by atoms with Crippen LogP contribution in [0.3, 0.4) is 0 Å². The molecule has 1 aliphatic rings. The van der Waals surface area contributed by atoms with E-state index in [1.165, 1.54) is 4.31 Å². The van der Waals surface area contributed by atoms with Gasteiger partial charge >= 0.3 is 0 Å². The largest absolute Gasteiger partial charge is 0.377 e. The van der Waals surface area contributed by atoms with E-state index in [1.807, 2.05) is 13.8 Å². The van der Waals surface area contributed by atoms with Crippen molar-refractivity contribution >= 4 is 15.8 Å². The summed E-state index contributed by atoms with van der Waals surface area (Å²) >= 11 is 0. The second kappa shape index (κ2) is 7.20. The first-order valence-electron chi connectivity index (χ1n) is 7.36. The summed E-state index contributed by atoms with van der Waals surface area (Å²) in [6, 6.07) is 3.26. The second-order valence-electron chi connectivity index (χ2n) is 5.17. The number of anilines is 1. The molecule has 7 heteroatoms. The Kier molecular flexibility index (Phi) is 5.55. The third-order valence-electron chi connectivity index (χ3n) is 3.35. The van der Waals surface area contributed by atoms with Gasteiger partial charge in [-0.05, 0) is 31.9 Å². The first kappa shape index (κ1) is 16.2. The van der Waals surface area contributed by atoms with Crippen LogP contribution >= 0.6 is 0 Å². The number of pyridine rings is 1. The van der Waals surface area contributed by atoms with Crippen molar-refractivity contribution in [2.24, 2.45) is 0 Å². The molecular formula is C14H23N3O3S. The molecule has 0 radical (unpaired) electrons. The summed E-state index contributed by atoms with van der Waals surface area (Å²) < 4.78 is 32.7. The third kappa shape index (κ3) is 3.93. The predicted molar refractivity (Wildman–Crippen MR) is 81.8 cm³/mol. The number of rotatable bonds is 5. The molecule has 21 heavy (non-hydrogen) atoms. The Labute approximate surface area is 126 Å². The van der Waals surface area contributed by atoms with Crippen LogP contribution in [0.2, 0.25) is 0 Å². The summed E-state index contributed by atoms with van der Waals surface area (Å²) in [5, 5.41) is 3.09. The maximum Gasteiger partial charge on any atom is 0.246 e. The highest BCUT2D eigenvalue weighted by atomic mass is 32.2. The van der Waals surface area contributed by atoms with Crippen molar-refractivity contribution in [1.29, 1.82) is 0 Å². The summed E-state index contributed by atoms with van der Waals surface area (Å²) in [6.45, 7) is 6.07. The highest BCUT2D eigenvalue weighted by Crippen LogP contribution is 2.24. The summed E-state index contributed by atoms with van der Waals surface area (Å²) in [7, 11) is -3.55. The van der Waals surface area contributed by atoms with Gasteiger partial charge in [-0.1, -0.05) is 6.92 Å². The topological polar surface area (TPSA) is 71.5 Å². The van der Waals surface area contributed by atoms with Crippen LogP contribution < -0.4 is 5.32 Å². The van der Waals surface area contributed by atoms with Crippen molar-refractivity contribution in [3.05, 3.63) is 18.3 Å². The molecule has 1 fully saturated rings. The van der Waals surface area contributed by atoms with Gasteiger partial charge in [-0.15, -0.1) is 0 Å². The Balaban J connectivity index is 2.30. The van der Waals surface area contributed by atoms with E-state index in [2.05, 4.69) is 10.3 Å². The van der Waals surface area contributed by atoms with Gasteiger partial charge in [0.05, 0.1) is 6.10 Å². The SMILES string of the molecule is CCCNc1ncccc1S(=O)(=O)N1CCCOC(C)C1. The normalized spacial score (nSPS) is 21.0. The lowest BCUT2D eigenvalue weighted by atomic mass is 10.4. The summed E-state index contributed by atoms with van der Waals surface area (Å²) in [5.41, 5.74) is 0. The van der Waals surface area contributed by atoms with Crippen LogP contribution in [0.25, 0.3) is 0 Å². The van der Waals surface area contributed by atoms with Gasteiger partial charge in [-0.25, -0.2) is 13.4 Å². The maximum atomic E-state index is 12.9. The fourth-order valence-corrected chi connectivity index (χ4v) is 3.96. The molecule has 1 atom stereocenters. The van der Waals surface area contributed by atoms with E-state index < -0.39 is 10.0 Å². The van der Waals surface area contributed by atoms with Crippen molar-refractivity contribution in [3.8, 4) is 0 Å². The molecule has 0 aliphatic carbocycles. The average molecular weight is 313 g/mol. The molecule has 2 heterocycles. The van der Waals surface area contributed by atoms with Gasteiger partial charge in [0, 0.05) is 32.4 Å². The highest BCUT2D eigenvalue weighted by Gasteiger charge is 2.30. The summed E-state index contributed by atoms with van der Waals surface area (Å²) in [4.78, 5) is 4.41. The van der Waals surface area contributed by atoms with E-state index in [1.54, 1.807) is 18.3 Å². The summed E-state index contributed by atoms with van der Waals surface area (Å²) in [6.07, 6.45) is 3.13. The van der Waals surface area contributed by atoms with Gasteiger partial charge < -0.3 is 10.1 Å². The maximum absolute atomic E-state index is 12.9. The van der Waals surface area contributed by atoms with E-state index in [0.29, 0.717) is 38.5 Å². The number of hydrogen-bond donors (Lipinski definition) is 1. The van der Waals surface area contributed by atoms with Crippen LogP contribution in [-0.4, -0.2) is 50.1 Å². The first-order chi connectivity index (χ1) is 10.1. The zero-order valence-corrected chi connectivity index (χ0v) is 13.4. The number of ether oxygens (including phenoxy) is 1. The Bertz CT molecular complexity index is 562.